The van der Waals surface area contributed by atoms with Crippen molar-refractivity contribution in [1.29, 1.82) is 0 Å². The molecule has 3 nitrogen and oxygen atoms in total. The highest BCUT2D eigenvalue weighted by molar-refractivity contribution is 4.89. The second kappa shape index (κ2) is 7.61. The van der Waals surface area contributed by atoms with Gasteiger partial charge in [-0.05, 0) is 50.5 Å². The number of nitrogens with one attached hydrogen (secondary N) is 1. The summed E-state index contributed by atoms with van der Waals surface area (Å²) in [5, 5.41) is 13.0. The quantitative estimate of drug-likeness (QED) is 0.743. The van der Waals surface area contributed by atoms with Gasteiger partial charge in [0.2, 0.25) is 0 Å². The van der Waals surface area contributed by atoms with Gasteiger partial charge in [0.05, 0.1) is 0 Å². The number of rotatable bonds is 7. The highest BCUT2D eigenvalue weighted by Gasteiger charge is 2.33. The van der Waals surface area contributed by atoms with Gasteiger partial charge in [0, 0.05) is 31.8 Å². The predicted molar refractivity (Wildman–Crippen MR) is 80.3 cm³/mol. The molecule has 0 aromatic heterocycles. The van der Waals surface area contributed by atoms with Crippen LogP contribution in [0.3, 0.4) is 0 Å². The summed E-state index contributed by atoms with van der Waals surface area (Å²) in [5.74, 6) is 1.47. The van der Waals surface area contributed by atoms with Crippen molar-refractivity contribution < 1.29 is 5.11 Å². The Morgan fingerprint density at radius 3 is 2.63 bits per heavy atom. The van der Waals surface area contributed by atoms with E-state index in [4.69, 9.17) is 0 Å². The van der Waals surface area contributed by atoms with Gasteiger partial charge in [-0.25, -0.2) is 0 Å². The third kappa shape index (κ3) is 4.73. The third-order valence-corrected chi connectivity index (χ3v) is 4.85. The Labute approximate surface area is 118 Å². The number of likely N-dealkylation sites (tertiary alicyclic amines) is 1. The van der Waals surface area contributed by atoms with Crippen LogP contribution < -0.4 is 5.32 Å². The second-order valence-electron chi connectivity index (χ2n) is 6.99. The lowest BCUT2D eigenvalue weighted by Crippen LogP contribution is -2.54. The lowest BCUT2D eigenvalue weighted by molar-refractivity contribution is 0.0507. The van der Waals surface area contributed by atoms with Crippen molar-refractivity contribution in [3.05, 3.63) is 0 Å². The van der Waals surface area contributed by atoms with Crippen molar-refractivity contribution in [2.24, 2.45) is 11.8 Å². The van der Waals surface area contributed by atoms with Gasteiger partial charge in [-0.2, -0.15) is 0 Å². The Hall–Kier alpha value is -0.120. The van der Waals surface area contributed by atoms with Crippen LogP contribution in [0.15, 0.2) is 0 Å². The zero-order valence-corrected chi connectivity index (χ0v) is 12.8. The minimum absolute atomic E-state index is 0.349. The minimum atomic E-state index is 0.349. The molecule has 0 bridgehead atoms. The maximum Gasteiger partial charge on any atom is 0.0434 e. The van der Waals surface area contributed by atoms with Crippen molar-refractivity contribution in [3.63, 3.8) is 0 Å². The first-order valence-corrected chi connectivity index (χ1v) is 8.27. The standard InChI is InChI=1S/C16H32N2O/c1-13(2)6-8-17-15-10-14(7-9-19)11-18(12-15)16-4-3-5-16/h13-17,19H,3-12H2,1-2H3. The molecule has 2 fully saturated rings. The number of aliphatic hydroxyl groups excluding tert-OH is 1. The lowest BCUT2D eigenvalue weighted by Gasteiger charge is -2.45. The molecular weight excluding hydrogens is 236 g/mol. The van der Waals surface area contributed by atoms with Gasteiger partial charge in [-0.3, -0.25) is 4.90 Å². The Bertz CT molecular complexity index is 253. The zero-order chi connectivity index (χ0) is 13.7. The van der Waals surface area contributed by atoms with Crippen LogP contribution in [0.25, 0.3) is 0 Å². The SMILES string of the molecule is CC(C)CCNC1CC(CCO)CN(C2CCC2)C1. The van der Waals surface area contributed by atoms with Crippen LogP contribution in [0.1, 0.15) is 52.4 Å². The summed E-state index contributed by atoms with van der Waals surface area (Å²) in [6, 6.07) is 1.49. The normalized spacial score (nSPS) is 29.7. The molecule has 2 N–H and O–H groups in total. The van der Waals surface area contributed by atoms with Crippen molar-refractivity contribution in [2.75, 3.05) is 26.2 Å². The van der Waals surface area contributed by atoms with Gasteiger partial charge in [-0.1, -0.05) is 20.3 Å². The highest BCUT2D eigenvalue weighted by Crippen LogP contribution is 2.30. The van der Waals surface area contributed by atoms with Crippen molar-refractivity contribution in [3.8, 4) is 0 Å². The Balaban J connectivity index is 1.79. The van der Waals surface area contributed by atoms with E-state index >= 15 is 0 Å². The topological polar surface area (TPSA) is 35.5 Å². The number of hydrogen-bond acceptors (Lipinski definition) is 3. The zero-order valence-electron chi connectivity index (χ0n) is 12.8. The van der Waals surface area contributed by atoms with E-state index in [0.29, 0.717) is 18.6 Å². The number of nitrogens with zero attached hydrogens (tertiary/aromatic N) is 1. The summed E-state index contributed by atoms with van der Waals surface area (Å²) < 4.78 is 0. The van der Waals surface area contributed by atoms with Gasteiger partial charge >= 0.3 is 0 Å². The third-order valence-electron chi connectivity index (χ3n) is 4.85. The largest absolute Gasteiger partial charge is 0.396 e. The van der Waals surface area contributed by atoms with E-state index in [-0.39, 0.29) is 0 Å². The fraction of sp³-hybridized carbons (Fsp3) is 1.00. The number of hydrogen-bond donors (Lipinski definition) is 2. The molecule has 1 heterocycles. The van der Waals surface area contributed by atoms with Gasteiger partial charge in [0.1, 0.15) is 0 Å². The maximum absolute atomic E-state index is 9.21. The number of aliphatic hydroxyl groups is 1. The second-order valence-corrected chi connectivity index (χ2v) is 6.99. The van der Waals surface area contributed by atoms with E-state index in [1.54, 1.807) is 0 Å². The summed E-state index contributed by atoms with van der Waals surface area (Å²) >= 11 is 0. The van der Waals surface area contributed by atoms with Crippen LogP contribution in [0.5, 0.6) is 0 Å². The number of piperidine rings is 1. The molecule has 1 aliphatic carbocycles. The average molecular weight is 268 g/mol. The summed E-state index contributed by atoms with van der Waals surface area (Å²) in [7, 11) is 0. The average Bonchev–Trinajstić information content (AvgIpc) is 2.26. The molecule has 2 atom stereocenters. The van der Waals surface area contributed by atoms with Crippen molar-refractivity contribution in [2.45, 2.75) is 64.5 Å². The summed E-state index contributed by atoms with van der Waals surface area (Å²) in [6.07, 6.45) is 7.70. The van der Waals surface area contributed by atoms with Crippen molar-refractivity contribution in [1.82, 2.24) is 10.2 Å². The molecule has 0 radical (unpaired) electrons. The van der Waals surface area contributed by atoms with E-state index in [1.807, 2.05) is 0 Å². The van der Waals surface area contributed by atoms with Crippen molar-refractivity contribution >= 4 is 0 Å². The minimum Gasteiger partial charge on any atom is -0.396 e. The molecule has 112 valence electrons. The molecule has 0 aromatic carbocycles. The first-order valence-electron chi connectivity index (χ1n) is 8.27. The molecule has 1 aliphatic heterocycles. The summed E-state index contributed by atoms with van der Waals surface area (Å²) in [6.45, 7) is 8.52. The molecule has 2 aliphatic rings. The van der Waals surface area contributed by atoms with Crippen LogP contribution in [-0.4, -0.2) is 48.3 Å². The first kappa shape index (κ1) is 15.3. The fourth-order valence-corrected chi connectivity index (χ4v) is 3.41. The van der Waals surface area contributed by atoms with E-state index in [1.165, 1.54) is 45.2 Å². The van der Waals surface area contributed by atoms with Crippen LogP contribution in [0.4, 0.5) is 0 Å². The Kier molecular flexibility index (Phi) is 6.11. The van der Waals surface area contributed by atoms with E-state index < -0.39 is 0 Å². The van der Waals surface area contributed by atoms with Gasteiger partial charge in [0.15, 0.2) is 0 Å². The van der Waals surface area contributed by atoms with Gasteiger partial charge in [0.25, 0.3) is 0 Å². The Morgan fingerprint density at radius 2 is 2.05 bits per heavy atom. The first-order chi connectivity index (χ1) is 9.19. The molecule has 3 heteroatoms. The van der Waals surface area contributed by atoms with Crippen LogP contribution in [0, 0.1) is 11.8 Å². The predicted octanol–water partition coefficient (Wildman–Crippen LogP) is 2.25. The molecule has 1 saturated heterocycles. The Morgan fingerprint density at radius 1 is 1.26 bits per heavy atom. The highest BCUT2D eigenvalue weighted by atomic mass is 16.3. The molecule has 2 unspecified atom stereocenters. The molecule has 0 aromatic rings. The van der Waals surface area contributed by atoms with Gasteiger partial charge in [-0.15, -0.1) is 0 Å². The lowest BCUT2D eigenvalue weighted by atomic mass is 9.85. The van der Waals surface area contributed by atoms with Crippen LogP contribution in [-0.2, 0) is 0 Å². The van der Waals surface area contributed by atoms with E-state index in [9.17, 15) is 5.11 Å². The molecule has 0 spiro atoms. The van der Waals surface area contributed by atoms with E-state index in [2.05, 4.69) is 24.1 Å². The van der Waals surface area contributed by atoms with E-state index in [0.717, 1.165) is 24.9 Å². The molecule has 19 heavy (non-hydrogen) atoms. The molecule has 2 rings (SSSR count). The summed E-state index contributed by atoms with van der Waals surface area (Å²) in [4.78, 5) is 2.69. The van der Waals surface area contributed by atoms with Gasteiger partial charge < -0.3 is 10.4 Å². The van der Waals surface area contributed by atoms with Crippen LogP contribution >= 0.6 is 0 Å². The molecular formula is C16H32N2O. The fourth-order valence-electron chi connectivity index (χ4n) is 3.41. The molecule has 1 saturated carbocycles. The maximum atomic E-state index is 9.21. The smallest absolute Gasteiger partial charge is 0.0434 e. The molecule has 0 amide bonds. The monoisotopic (exact) mass is 268 g/mol. The van der Waals surface area contributed by atoms with Crippen LogP contribution in [0.2, 0.25) is 0 Å². The summed E-state index contributed by atoms with van der Waals surface area (Å²) in [5.41, 5.74) is 0.